The van der Waals surface area contributed by atoms with Crippen molar-refractivity contribution in [3.8, 4) is 0 Å². The molecule has 1 atom stereocenters. The minimum Gasteiger partial charge on any atom is -0.327 e. The molecule has 15 heavy (non-hydrogen) atoms. The monoisotopic (exact) mass is 271 g/mol. The number of carbonyl (C=O) groups excluding carboxylic acids is 1. The first kappa shape index (κ1) is 12.1. The third-order valence-corrected chi connectivity index (χ3v) is 2.65. The normalized spacial score (nSPS) is 12.2. The molecule has 0 saturated heterocycles. The van der Waals surface area contributed by atoms with E-state index in [9.17, 15) is 4.79 Å². The number of hydrogen-bond donors (Lipinski definition) is 2. The van der Waals surface area contributed by atoms with Crippen molar-refractivity contribution < 1.29 is 4.79 Å². The van der Waals surface area contributed by atoms with Crippen LogP contribution in [-0.4, -0.2) is 16.9 Å². The summed E-state index contributed by atoms with van der Waals surface area (Å²) in [7, 11) is 0. The minimum absolute atomic E-state index is 0.0729. The summed E-state index contributed by atoms with van der Waals surface area (Å²) in [6.07, 6.45) is 4.39. The molecule has 0 spiro atoms. The first-order chi connectivity index (χ1) is 7.13. The van der Waals surface area contributed by atoms with Crippen molar-refractivity contribution in [1.82, 2.24) is 4.98 Å². The quantitative estimate of drug-likeness (QED) is 0.879. The molecule has 0 saturated carbocycles. The first-order valence-corrected chi connectivity index (χ1v) is 5.57. The average molecular weight is 272 g/mol. The van der Waals surface area contributed by atoms with Crippen molar-refractivity contribution in [2.45, 2.75) is 25.8 Å². The van der Waals surface area contributed by atoms with Crippen LogP contribution in [0.25, 0.3) is 0 Å². The fourth-order valence-electron chi connectivity index (χ4n) is 1.06. The highest BCUT2D eigenvalue weighted by Gasteiger charge is 2.09. The van der Waals surface area contributed by atoms with Gasteiger partial charge in [0.05, 0.1) is 10.2 Å². The highest BCUT2D eigenvalue weighted by Crippen LogP contribution is 2.20. The number of rotatable bonds is 4. The van der Waals surface area contributed by atoms with Crippen molar-refractivity contribution in [1.29, 1.82) is 0 Å². The molecule has 0 fully saturated rings. The van der Waals surface area contributed by atoms with Gasteiger partial charge in [0.2, 0.25) is 5.91 Å². The molecule has 0 radical (unpaired) electrons. The van der Waals surface area contributed by atoms with E-state index < -0.39 is 0 Å². The number of carbonyl (C=O) groups is 1. The van der Waals surface area contributed by atoms with E-state index in [-0.39, 0.29) is 11.9 Å². The van der Waals surface area contributed by atoms with Gasteiger partial charge in [-0.05, 0) is 28.4 Å². The zero-order valence-corrected chi connectivity index (χ0v) is 10.1. The molecule has 1 rings (SSSR count). The summed E-state index contributed by atoms with van der Waals surface area (Å²) in [4.78, 5) is 15.4. The zero-order valence-electron chi connectivity index (χ0n) is 8.53. The third-order valence-electron chi connectivity index (χ3n) is 2.02. The van der Waals surface area contributed by atoms with Gasteiger partial charge in [0.1, 0.15) is 0 Å². The van der Waals surface area contributed by atoms with Crippen LogP contribution in [0.2, 0.25) is 0 Å². The summed E-state index contributed by atoms with van der Waals surface area (Å²) in [5, 5.41) is 2.77. The van der Waals surface area contributed by atoms with Crippen LogP contribution in [0.4, 0.5) is 5.69 Å². The number of aromatic nitrogens is 1. The SMILES string of the molecule is CCC(N)CC(=O)Nc1ccncc1Br. The maximum Gasteiger partial charge on any atom is 0.225 e. The summed E-state index contributed by atoms with van der Waals surface area (Å²) < 4.78 is 0.767. The van der Waals surface area contributed by atoms with Crippen molar-refractivity contribution in [2.75, 3.05) is 5.32 Å². The van der Waals surface area contributed by atoms with Gasteiger partial charge in [-0.1, -0.05) is 6.92 Å². The van der Waals surface area contributed by atoms with E-state index in [0.717, 1.165) is 16.6 Å². The number of nitrogens with two attached hydrogens (primary N) is 1. The number of amides is 1. The maximum absolute atomic E-state index is 11.5. The van der Waals surface area contributed by atoms with Gasteiger partial charge in [0.25, 0.3) is 0 Å². The molecular weight excluding hydrogens is 258 g/mol. The minimum atomic E-state index is -0.0781. The van der Waals surface area contributed by atoms with Crippen LogP contribution < -0.4 is 11.1 Å². The average Bonchev–Trinajstić information content (AvgIpc) is 2.21. The number of halogens is 1. The summed E-state index contributed by atoms with van der Waals surface area (Å²) in [5.41, 5.74) is 6.40. The van der Waals surface area contributed by atoms with Crippen LogP contribution >= 0.6 is 15.9 Å². The number of anilines is 1. The summed E-state index contributed by atoms with van der Waals surface area (Å²) in [6.45, 7) is 1.96. The van der Waals surface area contributed by atoms with Crippen molar-refractivity contribution >= 4 is 27.5 Å². The summed E-state index contributed by atoms with van der Waals surface area (Å²) in [5.74, 6) is -0.0729. The van der Waals surface area contributed by atoms with Crippen LogP contribution in [0, 0.1) is 0 Å². The first-order valence-electron chi connectivity index (χ1n) is 4.78. The number of nitrogens with zero attached hydrogens (tertiary/aromatic N) is 1. The van der Waals surface area contributed by atoms with E-state index in [2.05, 4.69) is 26.2 Å². The topological polar surface area (TPSA) is 68.0 Å². The predicted molar refractivity (Wildman–Crippen MR) is 63.5 cm³/mol. The van der Waals surface area contributed by atoms with Crippen molar-refractivity contribution in [3.05, 3.63) is 22.9 Å². The van der Waals surface area contributed by atoms with Gasteiger partial charge in [-0.2, -0.15) is 0 Å². The standard InChI is InChI=1S/C10H14BrN3O/c1-2-7(12)5-10(15)14-9-3-4-13-6-8(9)11/h3-4,6-7H,2,5,12H2,1H3,(H,13,14,15). The van der Waals surface area contributed by atoms with Gasteiger partial charge >= 0.3 is 0 Å². The van der Waals surface area contributed by atoms with E-state index in [1.807, 2.05) is 6.92 Å². The molecule has 0 bridgehead atoms. The van der Waals surface area contributed by atoms with Crippen molar-refractivity contribution in [2.24, 2.45) is 5.73 Å². The molecule has 1 aromatic rings. The number of pyridine rings is 1. The largest absolute Gasteiger partial charge is 0.327 e. The molecule has 0 aliphatic heterocycles. The van der Waals surface area contributed by atoms with Gasteiger partial charge in [0.15, 0.2) is 0 Å². The highest BCUT2D eigenvalue weighted by atomic mass is 79.9. The number of nitrogens with one attached hydrogen (secondary N) is 1. The lowest BCUT2D eigenvalue weighted by molar-refractivity contribution is -0.116. The predicted octanol–water partition coefficient (Wildman–Crippen LogP) is 1.91. The van der Waals surface area contributed by atoms with E-state index in [1.165, 1.54) is 0 Å². The van der Waals surface area contributed by atoms with Crippen molar-refractivity contribution in [3.63, 3.8) is 0 Å². The highest BCUT2D eigenvalue weighted by molar-refractivity contribution is 9.10. The second-order valence-electron chi connectivity index (χ2n) is 3.28. The molecule has 3 N–H and O–H groups in total. The fraction of sp³-hybridized carbons (Fsp3) is 0.400. The van der Waals surface area contributed by atoms with Gasteiger partial charge in [0, 0.05) is 24.9 Å². The second-order valence-corrected chi connectivity index (χ2v) is 4.13. The van der Waals surface area contributed by atoms with Gasteiger partial charge in [-0.3, -0.25) is 9.78 Å². The van der Waals surface area contributed by atoms with E-state index >= 15 is 0 Å². The molecule has 82 valence electrons. The summed E-state index contributed by atoms with van der Waals surface area (Å²) >= 11 is 3.30. The Bertz CT molecular complexity index is 343. The molecule has 0 aromatic carbocycles. The maximum atomic E-state index is 11.5. The van der Waals surface area contributed by atoms with E-state index in [0.29, 0.717) is 6.42 Å². The lowest BCUT2D eigenvalue weighted by atomic mass is 10.1. The van der Waals surface area contributed by atoms with Gasteiger partial charge in [-0.25, -0.2) is 0 Å². The molecule has 5 heteroatoms. The Morgan fingerprint density at radius 3 is 3.07 bits per heavy atom. The van der Waals surface area contributed by atoms with E-state index in [1.54, 1.807) is 18.5 Å². The lowest BCUT2D eigenvalue weighted by Gasteiger charge is -2.10. The molecule has 1 unspecified atom stereocenters. The van der Waals surface area contributed by atoms with Crippen LogP contribution in [0.15, 0.2) is 22.9 Å². The Balaban J connectivity index is 2.55. The summed E-state index contributed by atoms with van der Waals surface area (Å²) in [6, 6.07) is 1.66. The molecule has 1 heterocycles. The van der Waals surface area contributed by atoms with Crippen LogP contribution in [0.5, 0.6) is 0 Å². The third kappa shape index (κ3) is 3.97. The number of hydrogen-bond acceptors (Lipinski definition) is 3. The van der Waals surface area contributed by atoms with E-state index in [4.69, 9.17) is 5.73 Å². The van der Waals surface area contributed by atoms with Crippen LogP contribution in [0.3, 0.4) is 0 Å². The molecule has 0 aliphatic rings. The second kappa shape index (κ2) is 5.82. The molecule has 1 aromatic heterocycles. The zero-order chi connectivity index (χ0) is 11.3. The van der Waals surface area contributed by atoms with Crippen LogP contribution in [-0.2, 0) is 4.79 Å². The molecular formula is C10H14BrN3O. The Morgan fingerprint density at radius 1 is 1.73 bits per heavy atom. The Labute approximate surface area is 97.4 Å². The molecule has 4 nitrogen and oxygen atoms in total. The van der Waals surface area contributed by atoms with Crippen LogP contribution in [0.1, 0.15) is 19.8 Å². The molecule has 0 aliphatic carbocycles. The smallest absolute Gasteiger partial charge is 0.225 e. The van der Waals surface area contributed by atoms with Gasteiger partial charge in [-0.15, -0.1) is 0 Å². The Kier molecular flexibility index (Phi) is 4.71. The Hall–Kier alpha value is -0.940. The Morgan fingerprint density at radius 2 is 2.47 bits per heavy atom. The van der Waals surface area contributed by atoms with Gasteiger partial charge < -0.3 is 11.1 Å². The lowest BCUT2D eigenvalue weighted by Crippen LogP contribution is -2.26. The molecule has 1 amide bonds. The fourth-order valence-corrected chi connectivity index (χ4v) is 1.41.